The van der Waals surface area contributed by atoms with Crippen LogP contribution in [-0.4, -0.2) is 24.0 Å². The summed E-state index contributed by atoms with van der Waals surface area (Å²) >= 11 is 0. The summed E-state index contributed by atoms with van der Waals surface area (Å²) in [6.07, 6.45) is 5.58. The predicted molar refractivity (Wildman–Crippen MR) is 62.4 cm³/mol. The molecule has 2 N–H and O–H groups in total. The minimum absolute atomic E-state index is 0.0150. The number of carbonyl (C=O) groups excluding carboxylic acids is 1. The Hall–Kier alpha value is -1.88. The first-order valence-electron chi connectivity index (χ1n) is 5.66. The Morgan fingerprint density at radius 3 is 3.29 bits per heavy atom. The van der Waals surface area contributed by atoms with Gasteiger partial charge in [-0.2, -0.15) is 0 Å². The minimum atomic E-state index is 0.0150. The molecule has 0 radical (unpaired) electrons. The number of rotatable bonds is 1. The Kier molecular flexibility index (Phi) is 2.53. The molecule has 1 aliphatic rings. The standard InChI is InChI=1S/C12H13N3O2/c16-12-5-10(14-3-4-15-12)9-7-17-11-6-13-2-1-8(9)11/h1-2,6-7,10,14H,3-5H2,(H,15,16). The summed E-state index contributed by atoms with van der Waals surface area (Å²) in [5, 5.41) is 7.20. The molecule has 1 fully saturated rings. The molecule has 3 heterocycles. The van der Waals surface area contributed by atoms with Gasteiger partial charge in [-0.1, -0.05) is 0 Å². The second-order valence-corrected chi connectivity index (χ2v) is 4.12. The van der Waals surface area contributed by atoms with Crippen LogP contribution in [0.5, 0.6) is 0 Å². The quantitative estimate of drug-likeness (QED) is 0.767. The number of hydrogen-bond donors (Lipinski definition) is 2. The molecule has 2 aromatic heterocycles. The van der Waals surface area contributed by atoms with Gasteiger partial charge in [-0.15, -0.1) is 0 Å². The maximum Gasteiger partial charge on any atom is 0.221 e. The van der Waals surface area contributed by atoms with Crippen LogP contribution in [-0.2, 0) is 4.79 Å². The Bertz CT molecular complexity index is 549. The van der Waals surface area contributed by atoms with Crippen molar-refractivity contribution in [3.05, 3.63) is 30.3 Å². The lowest BCUT2D eigenvalue weighted by molar-refractivity contribution is -0.121. The highest BCUT2D eigenvalue weighted by Gasteiger charge is 2.21. The van der Waals surface area contributed by atoms with Gasteiger partial charge in [0.15, 0.2) is 5.58 Å². The highest BCUT2D eigenvalue weighted by Crippen LogP contribution is 2.27. The molecule has 1 saturated heterocycles. The third-order valence-corrected chi connectivity index (χ3v) is 3.01. The minimum Gasteiger partial charge on any atom is -0.462 e. The average Bonchev–Trinajstić information content (AvgIpc) is 2.66. The van der Waals surface area contributed by atoms with Crippen molar-refractivity contribution >= 4 is 16.9 Å². The topological polar surface area (TPSA) is 67.2 Å². The Balaban J connectivity index is 1.99. The normalized spacial score (nSPS) is 21.2. The van der Waals surface area contributed by atoms with Crippen LogP contribution in [0.15, 0.2) is 29.1 Å². The van der Waals surface area contributed by atoms with Crippen molar-refractivity contribution in [1.82, 2.24) is 15.6 Å². The fourth-order valence-corrected chi connectivity index (χ4v) is 2.17. The van der Waals surface area contributed by atoms with Crippen LogP contribution in [0, 0.1) is 0 Å². The summed E-state index contributed by atoms with van der Waals surface area (Å²) in [6.45, 7) is 1.45. The Morgan fingerprint density at radius 2 is 2.35 bits per heavy atom. The van der Waals surface area contributed by atoms with Gasteiger partial charge in [0.25, 0.3) is 0 Å². The molecular formula is C12H13N3O2. The van der Waals surface area contributed by atoms with E-state index in [0.29, 0.717) is 13.0 Å². The fraction of sp³-hybridized carbons (Fsp3) is 0.333. The number of carbonyl (C=O) groups is 1. The first kappa shape index (κ1) is 10.3. The molecule has 0 spiro atoms. The van der Waals surface area contributed by atoms with Crippen molar-refractivity contribution in [3.8, 4) is 0 Å². The van der Waals surface area contributed by atoms with Gasteiger partial charge >= 0.3 is 0 Å². The van der Waals surface area contributed by atoms with E-state index < -0.39 is 0 Å². The van der Waals surface area contributed by atoms with Crippen LogP contribution in [0.25, 0.3) is 11.0 Å². The smallest absolute Gasteiger partial charge is 0.221 e. The van der Waals surface area contributed by atoms with Crippen LogP contribution in [0.1, 0.15) is 18.0 Å². The second kappa shape index (κ2) is 4.18. The summed E-state index contributed by atoms with van der Waals surface area (Å²) in [5.41, 5.74) is 1.79. The predicted octanol–water partition coefficient (Wildman–Crippen LogP) is 0.978. The molecule has 1 atom stereocenters. The van der Waals surface area contributed by atoms with Crippen LogP contribution >= 0.6 is 0 Å². The number of fused-ring (bicyclic) bond motifs is 1. The molecule has 1 amide bonds. The number of nitrogens with one attached hydrogen (secondary N) is 2. The molecule has 0 aromatic carbocycles. The first-order chi connectivity index (χ1) is 8.34. The van der Waals surface area contributed by atoms with E-state index >= 15 is 0 Å². The second-order valence-electron chi connectivity index (χ2n) is 4.12. The van der Waals surface area contributed by atoms with E-state index in [1.54, 1.807) is 18.7 Å². The van der Waals surface area contributed by atoms with Gasteiger partial charge in [0.05, 0.1) is 12.5 Å². The van der Waals surface area contributed by atoms with Gasteiger partial charge in [-0.05, 0) is 6.07 Å². The lowest BCUT2D eigenvalue weighted by Gasteiger charge is -2.12. The highest BCUT2D eigenvalue weighted by atomic mass is 16.3. The van der Waals surface area contributed by atoms with Crippen molar-refractivity contribution < 1.29 is 9.21 Å². The zero-order chi connectivity index (χ0) is 11.7. The van der Waals surface area contributed by atoms with E-state index in [1.165, 1.54) is 0 Å². The van der Waals surface area contributed by atoms with E-state index in [0.717, 1.165) is 23.1 Å². The van der Waals surface area contributed by atoms with Gasteiger partial charge in [-0.25, -0.2) is 0 Å². The molecular weight excluding hydrogens is 218 g/mol. The van der Waals surface area contributed by atoms with Gasteiger partial charge in [0.1, 0.15) is 0 Å². The molecule has 88 valence electrons. The zero-order valence-corrected chi connectivity index (χ0v) is 9.27. The van der Waals surface area contributed by atoms with Crippen molar-refractivity contribution in [3.63, 3.8) is 0 Å². The molecule has 2 aromatic rings. The molecule has 0 saturated carbocycles. The number of pyridine rings is 1. The maximum atomic E-state index is 11.5. The van der Waals surface area contributed by atoms with Crippen LogP contribution in [0.2, 0.25) is 0 Å². The summed E-state index contributed by atoms with van der Waals surface area (Å²) in [6, 6.07) is 1.93. The Morgan fingerprint density at radius 1 is 1.41 bits per heavy atom. The zero-order valence-electron chi connectivity index (χ0n) is 9.27. The monoisotopic (exact) mass is 231 g/mol. The van der Waals surface area contributed by atoms with Crippen molar-refractivity contribution in [1.29, 1.82) is 0 Å². The van der Waals surface area contributed by atoms with Crippen LogP contribution in [0.4, 0.5) is 0 Å². The molecule has 1 aliphatic heterocycles. The van der Waals surface area contributed by atoms with Crippen molar-refractivity contribution in [2.45, 2.75) is 12.5 Å². The van der Waals surface area contributed by atoms with Gasteiger partial charge < -0.3 is 15.1 Å². The summed E-state index contributed by atoms with van der Waals surface area (Å²) in [7, 11) is 0. The fourth-order valence-electron chi connectivity index (χ4n) is 2.17. The lowest BCUT2D eigenvalue weighted by atomic mass is 10.0. The summed E-state index contributed by atoms with van der Waals surface area (Å²) in [5.74, 6) is 0.0726. The van der Waals surface area contributed by atoms with E-state index in [4.69, 9.17) is 4.42 Å². The number of amides is 1. The first-order valence-corrected chi connectivity index (χ1v) is 5.66. The molecule has 1 unspecified atom stereocenters. The molecule has 5 heteroatoms. The number of hydrogen-bond acceptors (Lipinski definition) is 4. The van der Waals surface area contributed by atoms with Gasteiger partial charge in [0.2, 0.25) is 5.91 Å². The number of furan rings is 1. The Labute approximate surface area is 98.2 Å². The van der Waals surface area contributed by atoms with Crippen molar-refractivity contribution in [2.75, 3.05) is 13.1 Å². The SMILES string of the molecule is O=C1CC(c2coc3cnccc23)NCCN1. The third-order valence-electron chi connectivity index (χ3n) is 3.01. The summed E-state index contributed by atoms with van der Waals surface area (Å²) < 4.78 is 5.44. The third kappa shape index (κ3) is 1.89. The lowest BCUT2D eigenvalue weighted by Crippen LogP contribution is -2.24. The molecule has 5 nitrogen and oxygen atoms in total. The number of nitrogens with zero attached hydrogens (tertiary/aromatic N) is 1. The van der Waals surface area contributed by atoms with E-state index in [9.17, 15) is 4.79 Å². The average molecular weight is 231 g/mol. The largest absolute Gasteiger partial charge is 0.462 e. The molecule has 17 heavy (non-hydrogen) atoms. The van der Waals surface area contributed by atoms with E-state index in [1.807, 2.05) is 6.07 Å². The summed E-state index contributed by atoms with van der Waals surface area (Å²) in [4.78, 5) is 15.5. The van der Waals surface area contributed by atoms with Crippen LogP contribution < -0.4 is 10.6 Å². The van der Waals surface area contributed by atoms with Crippen LogP contribution in [0.3, 0.4) is 0 Å². The van der Waals surface area contributed by atoms with Gasteiger partial charge in [-0.3, -0.25) is 9.78 Å². The highest BCUT2D eigenvalue weighted by molar-refractivity contribution is 5.82. The van der Waals surface area contributed by atoms with Gasteiger partial charge in [0, 0.05) is 42.7 Å². The maximum absolute atomic E-state index is 11.5. The molecule has 3 rings (SSSR count). The number of aromatic nitrogens is 1. The van der Waals surface area contributed by atoms with Crippen molar-refractivity contribution in [2.24, 2.45) is 0 Å². The van der Waals surface area contributed by atoms with E-state index in [-0.39, 0.29) is 11.9 Å². The van der Waals surface area contributed by atoms with E-state index in [2.05, 4.69) is 15.6 Å². The molecule has 0 aliphatic carbocycles. The molecule has 0 bridgehead atoms.